The number of anilines is 1. The molecule has 0 saturated carbocycles. The van der Waals surface area contributed by atoms with Gasteiger partial charge in [-0.2, -0.15) is 0 Å². The number of carbonyl (C=O) groups is 1. The number of piperidine rings is 1. The molecular weight excluding hydrogens is 436 g/mol. The van der Waals surface area contributed by atoms with E-state index in [0.717, 1.165) is 49.2 Å². The third-order valence-corrected chi connectivity index (χ3v) is 6.41. The second-order valence-corrected chi connectivity index (χ2v) is 8.61. The first-order valence-electron chi connectivity index (χ1n) is 11.5. The Kier molecular flexibility index (Phi) is 6.41. The molecule has 2 aromatic heterocycles. The van der Waals surface area contributed by atoms with Crippen LogP contribution in [0.25, 0.3) is 11.0 Å². The molecule has 4 heterocycles. The molecule has 3 aromatic rings. The Morgan fingerprint density at radius 2 is 2.00 bits per heavy atom. The van der Waals surface area contributed by atoms with Crippen LogP contribution >= 0.6 is 0 Å². The first kappa shape index (κ1) is 22.3. The maximum atomic E-state index is 12.5. The molecule has 2 aliphatic heterocycles. The Morgan fingerprint density at radius 3 is 2.82 bits per heavy atom. The highest BCUT2D eigenvalue weighted by Gasteiger charge is 2.20. The van der Waals surface area contributed by atoms with Crippen LogP contribution in [0.4, 0.5) is 5.69 Å². The second-order valence-electron chi connectivity index (χ2n) is 8.61. The molecule has 1 saturated heterocycles. The number of likely N-dealkylation sites (tertiary alicyclic amines) is 1. The average Bonchev–Trinajstić information content (AvgIpc) is 2.87. The molecule has 0 radical (unpaired) electrons. The number of methoxy groups -OCH3 is 1. The first-order chi connectivity index (χ1) is 16.6. The van der Waals surface area contributed by atoms with Crippen molar-refractivity contribution in [3.8, 4) is 11.5 Å². The van der Waals surface area contributed by atoms with Crippen LogP contribution < -0.4 is 25.7 Å². The van der Waals surface area contributed by atoms with Crippen LogP contribution in [0.15, 0.2) is 41.5 Å². The van der Waals surface area contributed by atoms with Crippen molar-refractivity contribution >= 4 is 22.6 Å². The lowest BCUT2D eigenvalue weighted by Gasteiger charge is -2.32. The van der Waals surface area contributed by atoms with Crippen molar-refractivity contribution < 1.29 is 14.3 Å². The quantitative estimate of drug-likeness (QED) is 0.540. The van der Waals surface area contributed by atoms with Crippen molar-refractivity contribution in [3.63, 3.8) is 0 Å². The fourth-order valence-electron chi connectivity index (χ4n) is 4.48. The van der Waals surface area contributed by atoms with E-state index in [-0.39, 0.29) is 18.1 Å². The van der Waals surface area contributed by atoms with E-state index in [2.05, 4.69) is 25.5 Å². The van der Waals surface area contributed by atoms with Gasteiger partial charge in [-0.25, -0.2) is 4.98 Å². The van der Waals surface area contributed by atoms with Gasteiger partial charge in [-0.05, 0) is 44.1 Å². The molecule has 0 spiro atoms. The van der Waals surface area contributed by atoms with Gasteiger partial charge < -0.3 is 29.6 Å². The summed E-state index contributed by atoms with van der Waals surface area (Å²) in [6.07, 6.45) is 5.08. The molecule has 0 aliphatic carbocycles. The molecule has 34 heavy (non-hydrogen) atoms. The van der Waals surface area contributed by atoms with E-state index in [1.165, 1.54) is 6.20 Å². The summed E-state index contributed by atoms with van der Waals surface area (Å²) in [5.74, 6) is 1.17. The Morgan fingerprint density at radius 1 is 1.15 bits per heavy atom. The number of hydrogen-bond acceptors (Lipinski definition) is 8. The number of hydrogen-bond donors (Lipinski definition) is 2. The van der Waals surface area contributed by atoms with Gasteiger partial charge in [0, 0.05) is 31.7 Å². The second kappa shape index (κ2) is 9.78. The van der Waals surface area contributed by atoms with E-state index < -0.39 is 0 Å². The summed E-state index contributed by atoms with van der Waals surface area (Å²) in [5.41, 5.74) is 3.02. The van der Waals surface area contributed by atoms with Crippen LogP contribution in [0.3, 0.4) is 0 Å². The van der Waals surface area contributed by atoms with Gasteiger partial charge in [0.15, 0.2) is 12.4 Å². The summed E-state index contributed by atoms with van der Waals surface area (Å²) in [6.45, 7) is 3.99. The number of amides is 1. The van der Waals surface area contributed by atoms with E-state index in [9.17, 15) is 9.59 Å². The van der Waals surface area contributed by atoms with Crippen LogP contribution in [-0.4, -0.2) is 64.7 Å². The van der Waals surface area contributed by atoms with Gasteiger partial charge in [0.25, 0.3) is 11.5 Å². The fraction of sp³-hybridized carbons (Fsp3) is 0.417. The number of rotatable bonds is 7. The third-order valence-electron chi connectivity index (χ3n) is 6.41. The van der Waals surface area contributed by atoms with Crippen molar-refractivity contribution in [2.75, 3.05) is 38.7 Å². The van der Waals surface area contributed by atoms with Crippen LogP contribution in [0, 0.1) is 0 Å². The summed E-state index contributed by atoms with van der Waals surface area (Å²) in [6, 6.07) is 7.85. The molecule has 1 amide bonds. The van der Waals surface area contributed by atoms with Gasteiger partial charge in [0.2, 0.25) is 0 Å². The van der Waals surface area contributed by atoms with E-state index in [0.29, 0.717) is 36.3 Å². The van der Waals surface area contributed by atoms with Crippen molar-refractivity contribution in [1.29, 1.82) is 0 Å². The highest BCUT2D eigenvalue weighted by molar-refractivity contribution is 5.95. The normalized spacial score (nSPS) is 16.7. The number of nitrogens with zero attached hydrogens (tertiary/aromatic N) is 4. The van der Waals surface area contributed by atoms with Crippen LogP contribution in [0.1, 0.15) is 18.5 Å². The van der Waals surface area contributed by atoms with Crippen LogP contribution in [-0.2, 0) is 17.9 Å². The van der Waals surface area contributed by atoms with Gasteiger partial charge in [-0.3, -0.25) is 14.6 Å². The highest BCUT2D eigenvalue weighted by Crippen LogP contribution is 2.27. The minimum absolute atomic E-state index is 0.0328. The lowest BCUT2D eigenvalue weighted by atomic mass is 10.0. The van der Waals surface area contributed by atoms with E-state index in [1.54, 1.807) is 17.9 Å². The number of aromatic nitrogens is 3. The average molecular weight is 465 g/mol. The van der Waals surface area contributed by atoms with Gasteiger partial charge in [-0.15, -0.1) is 0 Å². The maximum Gasteiger partial charge on any atom is 0.269 e. The van der Waals surface area contributed by atoms with E-state index in [4.69, 9.17) is 9.47 Å². The molecule has 0 unspecified atom stereocenters. The first-order valence-corrected chi connectivity index (χ1v) is 11.5. The van der Waals surface area contributed by atoms with E-state index >= 15 is 0 Å². The van der Waals surface area contributed by atoms with E-state index in [1.807, 2.05) is 24.3 Å². The Labute approximate surface area is 196 Å². The molecule has 0 atom stereocenters. The third kappa shape index (κ3) is 4.87. The number of nitrogens with one attached hydrogen (secondary N) is 2. The molecular formula is C24H28N6O4. The summed E-state index contributed by atoms with van der Waals surface area (Å²) in [5, 5.41) is 6.40. The topological polar surface area (TPSA) is 111 Å². The van der Waals surface area contributed by atoms with Gasteiger partial charge >= 0.3 is 0 Å². The Balaban J connectivity index is 1.13. The maximum absolute atomic E-state index is 12.5. The fourth-order valence-corrected chi connectivity index (χ4v) is 4.48. The van der Waals surface area contributed by atoms with Crippen molar-refractivity contribution in [1.82, 2.24) is 24.8 Å². The molecule has 10 nitrogen and oxygen atoms in total. The molecule has 5 rings (SSSR count). The SMILES string of the molecule is COc1ccc2ncc(=O)n(CCN3CCC(NCc4cc5c(cn4)OCC(=O)N5)CC3)c2c1. The van der Waals surface area contributed by atoms with Crippen LogP contribution in [0.5, 0.6) is 11.5 Å². The van der Waals surface area contributed by atoms with Crippen molar-refractivity contribution in [2.45, 2.75) is 32.0 Å². The Bertz CT molecular complexity index is 1250. The predicted molar refractivity (Wildman–Crippen MR) is 127 cm³/mol. The number of pyridine rings is 1. The Hall–Kier alpha value is -3.50. The lowest BCUT2D eigenvalue weighted by Crippen LogP contribution is -2.43. The standard InChI is InChI=1S/C24H28N6O4/c1-33-18-2-3-19-21(11-18)30(24(32)14-27-19)9-8-29-6-4-16(5-7-29)25-12-17-10-20-22(13-26-17)34-15-23(31)28-20/h2-3,10-11,13-14,16,25H,4-9,12,15H2,1H3,(H,28,31). The molecule has 2 N–H and O–H groups in total. The van der Waals surface area contributed by atoms with Gasteiger partial charge in [-0.1, -0.05) is 0 Å². The zero-order chi connectivity index (χ0) is 23.5. The zero-order valence-corrected chi connectivity index (χ0v) is 19.1. The zero-order valence-electron chi connectivity index (χ0n) is 19.1. The smallest absolute Gasteiger partial charge is 0.269 e. The molecule has 0 bridgehead atoms. The number of carbonyl (C=O) groups excluding carboxylic acids is 1. The largest absolute Gasteiger partial charge is 0.497 e. The minimum Gasteiger partial charge on any atom is -0.497 e. The highest BCUT2D eigenvalue weighted by atomic mass is 16.5. The summed E-state index contributed by atoms with van der Waals surface area (Å²) < 4.78 is 12.5. The lowest BCUT2D eigenvalue weighted by molar-refractivity contribution is -0.118. The van der Waals surface area contributed by atoms with Crippen molar-refractivity contribution in [3.05, 3.63) is 52.7 Å². The summed E-state index contributed by atoms with van der Waals surface area (Å²) >= 11 is 0. The number of fused-ring (bicyclic) bond motifs is 2. The monoisotopic (exact) mass is 464 g/mol. The van der Waals surface area contributed by atoms with Crippen LogP contribution in [0.2, 0.25) is 0 Å². The minimum atomic E-state index is -0.147. The van der Waals surface area contributed by atoms with Gasteiger partial charge in [0.05, 0.1) is 41.9 Å². The summed E-state index contributed by atoms with van der Waals surface area (Å²) in [4.78, 5) is 35.1. The number of ether oxygens (including phenoxy) is 2. The van der Waals surface area contributed by atoms with Crippen molar-refractivity contribution in [2.24, 2.45) is 0 Å². The molecule has 178 valence electrons. The number of benzene rings is 1. The summed E-state index contributed by atoms with van der Waals surface area (Å²) in [7, 11) is 1.62. The molecule has 1 fully saturated rings. The van der Waals surface area contributed by atoms with Gasteiger partial charge in [0.1, 0.15) is 5.75 Å². The molecule has 10 heteroatoms. The molecule has 2 aliphatic rings. The predicted octanol–water partition coefficient (Wildman–Crippen LogP) is 1.39. The molecule has 1 aromatic carbocycles.